The molecule has 0 radical (unpaired) electrons. The van der Waals surface area contributed by atoms with E-state index >= 15 is 0 Å². The van der Waals surface area contributed by atoms with Crippen molar-refractivity contribution in [1.82, 2.24) is 10.6 Å². The number of amidine groups is 1. The SMILES string of the molecule is CCCCC(CC)COC1N=C(C2=CC=C3OC4=C(CC5CCC=CC5=C4)C3C2)NC(=C2CCC=CC2=O)N1. The zero-order valence-corrected chi connectivity index (χ0v) is 23.3. The third-order valence-corrected chi connectivity index (χ3v) is 8.93. The predicted octanol–water partition coefficient (Wildman–Crippen LogP) is 6.64. The van der Waals surface area contributed by atoms with Crippen molar-refractivity contribution in [2.24, 2.45) is 22.7 Å². The second kappa shape index (κ2) is 11.5. The summed E-state index contributed by atoms with van der Waals surface area (Å²) in [6.45, 7) is 5.11. The predicted molar refractivity (Wildman–Crippen MR) is 154 cm³/mol. The molecule has 39 heavy (non-hydrogen) atoms. The van der Waals surface area contributed by atoms with Crippen LogP contribution in [-0.4, -0.2) is 24.6 Å². The van der Waals surface area contributed by atoms with Crippen LogP contribution in [0.4, 0.5) is 0 Å². The van der Waals surface area contributed by atoms with Gasteiger partial charge in [-0.15, -0.1) is 0 Å². The van der Waals surface area contributed by atoms with Crippen LogP contribution < -0.4 is 10.6 Å². The Labute approximate surface area is 232 Å². The molecule has 0 aromatic rings. The third kappa shape index (κ3) is 5.49. The normalized spacial score (nSPS) is 30.1. The standard InChI is InChI=1S/C33H41N3O3/c1-3-5-10-21(4-2)20-38-33-35-31(34-32(36-33)25-13-8-9-14-28(25)37)24-15-16-29-26(18-24)27-17-22-11-6-7-12-23(22)19-30(27)39-29/h7,9,12,14-16,19,21-22,26,33,36H,3-6,8,10-11,13,17-18,20H2,1-2H3,(H,34,35). The smallest absolute Gasteiger partial charge is 0.228 e. The van der Waals surface area contributed by atoms with Crippen LogP contribution in [0.15, 0.2) is 87.2 Å². The van der Waals surface area contributed by atoms with E-state index in [4.69, 9.17) is 14.5 Å². The maximum absolute atomic E-state index is 12.8. The maximum Gasteiger partial charge on any atom is 0.228 e. The first-order chi connectivity index (χ1) is 19.1. The van der Waals surface area contributed by atoms with Crippen LogP contribution >= 0.6 is 0 Å². The number of unbranched alkanes of at least 4 members (excludes halogenated alkanes) is 1. The van der Waals surface area contributed by atoms with Crippen molar-refractivity contribution in [3.05, 3.63) is 82.2 Å². The van der Waals surface area contributed by atoms with Gasteiger partial charge in [-0.2, -0.15) is 0 Å². The molecular weight excluding hydrogens is 486 g/mol. The van der Waals surface area contributed by atoms with Crippen LogP contribution in [0.5, 0.6) is 0 Å². The number of nitrogens with zero attached hydrogens (tertiary/aromatic N) is 1. The van der Waals surface area contributed by atoms with Crippen molar-refractivity contribution in [1.29, 1.82) is 0 Å². The summed E-state index contributed by atoms with van der Waals surface area (Å²) in [5.41, 5.74) is 4.73. The Balaban J connectivity index is 1.24. The number of fused-ring (bicyclic) bond motifs is 3. The largest absolute Gasteiger partial charge is 0.461 e. The molecule has 2 aliphatic heterocycles. The fourth-order valence-electron chi connectivity index (χ4n) is 6.49. The molecule has 0 saturated heterocycles. The first-order valence-corrected chi connectivity index (χ1v) is 15.0. The van der Waals surface area contributed by atoms with E-state index in [0.29, 0.717) is 24.9 Å². The number of aliphatic imine (C=N–C) groups is 1. The highest BCUT2D eigenvalue weighted by molar-refractivity contribution is 6.07. The van der Waals surface area contributed by atoms with Gasteiger partial charge in [0.25, 0.3) is 0 Å². The van der Waals surface area contributed by atoms with E-state index in [9.17, 15) is 4.79 Å². The lowest BCUT2D eigenvalue weighted by molar-refractivity contribution is -0.111. The number of nitrogens with one attached hydrogen (secondary N) is 2. The molecule has 0 saturated carbocycles. The van der Waals surface area contributed by atoms with Crippen molar-refractivity contribution in [2.45, 2.75) is 84.4 Å². The Kier molecular flexibility index (Phi) is 7.73. The van der Waals surface area contributed by atoms with Crippen LogP contribution in [0.3, 0.4) is 0 Å². The summed E-state index contributed by atoms with van der Waals surface area (Å²) in [6, 6.07) is 0. The molecule has 2 heterocycles. The molecule has 2 N–H and O–H groups in total. The van der Waals surface area contributed by atoms with Crippen molar-refractivity contribution in [3.8, 4) is 0 Å². The van der Waals surface area contributed by atoms with E-state index in [0.717, 1.165) is 72.8 Å². The van der Waals surface area contributed by atoms with Gasteiger partial charge in [0.15, 0.2) is 5.78 Å². The molecule has 0 bridgehead atoms. The highest BCUT2D eigenvalue weighted by Crippen LogP contribution is 2.49. The number of ketones is 1. The van der Waals surface area contributed by atoms with Gasteiger partial charge in [-0.1, -0.05) is 57.4 Å². The summed E-state index contributed by atoms with van der Waals surface area (Å²) in [7, 11) is 0. The van der Waals surface area contributed by atoms with Gasteiger partial charge >= 0.3 is 0 Å². The van der Waals surface area contributed by atoms with Crippen molar-refractivity contribution < 1.29 is 14.3 Å². The Morgan fingerprint density at radius 1 is 1.15 bits per heavy atom. The van der Waals surface area contributed by atoms with Gasteiger partial charge in [0.2, 0.25) is 6.35 Å². The average Bonchev–Trinajstić information content (AvgIpc) is 3.32. The number of carbonyl (C=O) groups excluding carboxylic acids is 1. The minimum absolute atomic E-state index is 0.0516. The van der Waals surface area contributed by atoms with E-state index in [1.807, 2.05) is 6.08 Å². The molecule has 0 aromatic carbocycles. The molecule has 4 atom stereocenters. The molecule has 6 rings (SSSR count). The van der Waals surface area contributed by atoms with Crippen LogP contribution in [0.25, 0.3) is 0 Å². The second-order valence-corrected chi connectivity index (χ2v) is 11.5. The van der Waals surface area contributed by atoms with E-state index in [2.05, 4.69) is 54.9 Å². The van der Waals surface area contributed by atoms with Crippen LogP contribution in [0.2, 0.25) is 0 Å². The maximum atomic E-state index is 12.8. The van der Waals surface area contributed by atoms with Gasteiger partial charge in [0.1, 0.15) is 23.2 Å². The van der Waals surface area contributed by atoms with Gasteiger partial charge in [-0.3, -0.25) is 4.79 Å². The lowest BCUT2D eigenvalue weighted by Gasteiger charge is -2.32. The molecule has 6 heteroatoms. The fraction of sp³-hybridized carbons (Fsp3) is 0.515. The topological polar surface area (TPSA) is 72.0 Å². The summed E-state index contributed by atoms with van der Waals surface area (Å²) < 4.78 is 12.7. The Morgan fingerprint density at radius 2 is 2.05 bits per heavy atom. The van der Waals surface area contributed by atoms with Crippen molar-refractivity contribution in [2.75, 3.05) is 6.61 Å². The van der Waals surface area contributed by atoms with E-state index in [-0.39, 0.29) is 11.7 Å². The number of allylic oxidation sites excluding steroid dienone is 10. The number of hydrogen-bond donors (Lipinski definition) is 2. The summed E-state index contributed by atoms with van der Waals surface area (Å²) >= 11 is 0. The lowest BCUT2D eigenvalue weighted by Crippen LogP contribution is -2.47. The van der Waals surface area contributed by atoms with Crippen LogP contribution in [0, 0.1) is 17.8 Å². The highest BCUT2D eigenvalue weighted by atomic mass is 16.5. The van der Waals surface area contributed by atoms with Crippen molar-refractivity contribution >= 4 is 11.6 Å². The Morgan fingerprint density at radius 3 is 2.90 bits per heavy atom. The zero-order chi connectivity index (χ0) is 26.8. The Bertz CT molecular complexity index is 1260. The minimum atomic E-state index is -0.520. The summed E-state index contributed by atoms with van der Waals surface area (Å²) in [5, 5.41) is 6.89. The van der Waals surface area contributed by atoms with Gasteiger partial charge in [0.05, 0.1) is 6.61 Å². The second-order valence-electron chi connectivity index (χ2n) is 11.5. The summed E-state index contributed by atoms with van der Waals surface area (Å²) in [4.78, 5) is 17.8. The minimum Gasteiger partial charge on any atom is -0.461 e. The molecular formula is C33H41N3O3. The molecule has 0 amide bonds. The third-order valence-electron chi connectivity index (χ3n) is 8.93. The first-order valence-electron chi connectivity index (χ1n) is 15.0. The van der Waals surface area contributed by atoms with Crippen LogP contribution in [0.1, 0.15) is 78.1 Å². The monoisotopic (exact) mass is 527 g/mol. The molecule has 6 aliphatic rings. The average molecular weight is 528 g/mol. The molecule has 206 valence electrons. The molecule has 0 aromatic heterocycles. The van der Waals surface area contributed by atoms with Gasteiger partial charge in [0, 0.05) is 11.5 Å². The molecule has 4 unspecified atom stereocenters. The van der Waals surface area contributed by atoms with E-state index in [1.165, 1.54) is 30.4 Å². The number of rotatable bonds is 8. The quantitative estimate of drug-likeness (QED) is 0.347. The van der Waals surface area contributed by atoms with Gasteiger partial charge < -0.3 is 20.1 Å². The van der Waals surface area contributed by atoms with Crippen LogP contribution in [-0.2, 0) is 14.3 Å². The van der Waals surface area contributed by atoms with Crippen molar-refractivity contribution in [3.63, 3.8) is 0 Å². The van der Waals surface area contributed by atoms with E-state index in [1.54, 1.807) is 6.08 Å². The zero-order valence-electron chi connectivity index (χ0n) is 23.3. The number of ether oxygens (including phenoxy) is 2. The summed E-state index contributed by atoms with van der Waals surface area (Å²) in [5.74, 6) is 5.01. The van der Waals surface area contributed by atoms with Gasteiger partial charge in [-0.05, 0) is 91.7 Å². The molecule has 0 spiro atoms. The lowest BCUT2D eigenvalue weighted by atomic mass is 9.75. The molecule has 4 aliphatic carbocycles. The fourth-order valence-corrected chi connectivity index (χ4v) is 6.49. The highest BCUT2D eigenvalue weighted by Gasteiger charge is 2.39. The summed E-state index contributed by atoms with van der Waals surface area (Å²) in [6.07, 6.45) is 24.6. The Hall–Kier alpha value is -3.12. The van der Waals surface area contributed by atoms with Gasteiger partial charge in [-0.25, -0.2) is 4.99 Å². The molecule has 0 fully saturated rings. The first kappa shape index (κ1) is 26.1. The van der Waals surface area contributed by atoms with E-state index < -0.39 is 6.35 Å². The molecule has 6 nitrogen and oxygen atoms in total. The number of hydrogen-bond acceptors (Lipinski definition) is 6. The number of carbonyl (C=O) groups is 1.